The van der Waals surface area contributed by atoms with Crippen molar-refractivity contribution in [2.75, 3.05) is 47.7 Å². The van der Waals surface area contributed by atoms with Crippen molar-refractivity contribution in [2.45, 2.75) is 33.1 Å². The molecule has 49 heavy (non-hydrogen) atoms. The summed E-state index contributed by atoms with van der Waals surface area (Å²) in [6.07, 6.45) is -2.28. The minimum absolute atomic E-state index is 0.232. The first-order valence-electron chi connectivity index (χ1n) is 15.9. The molecular weight excluding hydrogens is 628 g/mol. The summed E-state index contributed by atoms with van der Waals surface area (Å²) in [5.41, 5.74) is 4.45. The maximum Gasteiger partial charge on any atom is 0.411 e. The van der Waals surface area contributed by atoms with Gasteiger partial charge in [0.1, 0.15) is 0 Å². The molecule has 4 N–H and O–H groups in total. The Morgan fingerprint density at radius 1 is 0.388 bits per heavy atom. The van der Waals surface area contributed by atoms with Crippen LogP contribution in [0.3, 0.4) is 0 Å². The van der Waals surface area contributed by atoms with Crippen LogP contribution in [-0.4, -0.2) is 50.8 Å². The molecular formula is C37H40N4O8. The Bertz CT molecular complexity index is 1450. The predicted molar refractivity (Wildman–Crippen MR) is 187 cm³/mol. The summed E-state index contributed by atoms with van der Waals surface area (Å²) in [4.78, 5) is 48.6. The summed E-state index contributed by atoms with van der Waals surface area (Å²) in [5, 5.41) is 10.9. The van der Waals surface area contributed by atoms with Gasteiger partial charge in [0.05, 0.1) is 31.8 Å². The molecule has 4 aromatic carbocycles. The van der Waals surface area contributed by atoms with Crippen LogP contribution in [0.1, 0.15) is 49.9 Å². The number of carbonyl (C=O) groups excluding carboxylic acids is 4. The molecule has 4 aromatic rings. The number of hydrogen-bond donors (Lipinski definition) is 4. The number of carbonyl (C=O) groups is 4. The standard InChI is InChI=1S/C37H40N4O8/c1-5-46-33(42)38-29-17-9-25(10-18-29)37(26-11-19-30(20-12-26)39-34(43)47-6-2,27-13-21-31(22-14-27)40-35(44)48-7-3)28-15-23-32(24-16-28)41-36(45)49-8-4/h9-24H,5-8H2,1-4H3,(H,38,42)(H,39,43)(H,40,44)(H,41,45). The Kier molecular flexibility index (Phi) is 12.6. The van der Waals surface area contributed by atoms with Crippen molar-refractivity contribution in [3.63, 3.8) is 0 Å². The Hall–Kier alpha value is -6.04. The van der Waals surface area contributed by atoms with Gasteiger partial charge in [0.25, 0.3) is 0 Å². The fraction of sp³-hybridized carbons (Fsp3) is 0.243. The quantitative estimate of drug-likeness (QED) is 0.0868. The van der Waals surface area contributed by atoms with E-state index in [1.165, 1.54) is 0 Å². The lowest BCUT2D eigenvalue weighted by atomic mass is 9.65. The number of amides is 4. The van der Waals surface area contributed by atoms with E-state index < -0.39 is 29.8 Å². The summed E-state index contributed by atoms with van der Waals surface area (Å²) in [6.45, 7) is 7.84. The summed E-state index contributed by atoms with van der Waals surface area (Å²) in [7, 11) is 0. The van der Waals surface area contributed by atoms with E-state index >= 15 is 0 Å². The van der Waals surface area contributed by atoms with Crippen molar-refractivity contribution in [2.24, 2.45) is 0 Å². The maximum atomic E-state index is 12.2. The van der Waals surface area contributed by atoms with Crippen LogP contribution in [-0.2, 0) is 24.4 Å². The van der Waals surface area contributed by atoms with Crippen molar-refractivity contribution >= 4 is 47.1 Å². The van der Waals surface area contributed by atoms with E-state index in [1.807, 2.05) is 48.5 Å². The average Bonchev–Trinajstić information content (AvgIpc) is 3.08. The van der Waals surface area contributed by atoms with E-state index in [4.69, 9.17) is 18.9 Å². The minimum Gasteiger partial charge on any atom is -0.450 e. The smallest absolute Gasteiger partial charge is 0.411 e. The molecule has 0 aliphatic rings. The number of benzene rings is 4. The van der Waals surface area contributed by atoms with E-state index in [0.29, 0.717) is 22.7 Å². The number of anilines is 4. The molecule has 0 fully saturated rings. The zero-order valence-corrected chi connectivity index (χ0v) is 27.8. The largest absolute Gasteiger partial charge is 0.450 e. The third-order valence-corrected chi connectivity index (χ3v) is 7.36. The SMILES string of the molecule is CCOC(=O)Nc1ccc(C(c2ccc(NC(=O)OCC)cc2)(c2ccc(NC(=O)OCC)cc2)c2ccc(NC(=O)OCC)cc2)cc1. The van der Waals surface area contributed by atoms with Crippen LogP contribution in [0.4, 0.5) is 41.9 Å². The lowest BCUT2D eigenvalue weighted by Gasteiger charge is -2.37. The van der Waals surface area contributed by atoms with Crippen LogP contribution in [0, 0.1) is 0 Å². The van der Waals surface area contributed by atoms with Gasteiger partial charge in [-0.2, -0.15) is 0 Å². The van der Waals surface area contributed by atoms with Gasteiger partial charge in [-0.05, 0) is 98.5 Å². The molecule has 0 atom stereocenters. The molecule has 0 saturated heterocycles. The Labute approximate surface area is 285 Å². The normalized spacial score (nSPS) is 10.7. The summed E-state index contributed by atoms with van der Waals surface area (Å²) in [5.74, 6) is 0. The lowest BCUT2D eigenvalue weighted by Crippen LogP contribution is -2.31. The van der Waals surface area contributed by atoms with Crippen molar-refractivity contribution in [3.8, 4) is 0 Å². The van der Waals surface area contributed by atoms with E-state index in [1.54, 1.807) is 76.2 Å². The van der Waals surface area contributed by atoms with Crippen LogP contribution in [0.15, 0.2) is 97.1 Å². The van der Waals surface area contributed by atoms with Crippen LogP contribution < -0.4 is 21.3 Å². The third-order valence-electron chi connectivity index (χ3n) is 7.36. The molecule has 12 heteroatoms. The van der Waals surface area contributed by atoms with Gasteiger partial charge in [-0.1, -0.05) is 48.5 Å². The maximum absolute atomic E-state index is 12.2. The number of nitrogens with one attached hydrogen (secondary N) is 4. The highest BCUT2D eigenvalue weighted by atomic mass is 16.6. The highest BCUT2D eigenvalue weighted by Gasteiger charge is 2.38. The molecule has 0 heterocycles. The topological polar surface area (TPSA) is 153 Å². The van der Waals surface area contributed by atoms with Gasteiger partial charge in [0, 0.05) is 22.7 Å². The van der Waals surface area contributed by atoms with Gasteiger partial charge < -0.3 is 18.9 Å². The number of ether oxygens (including phenoxy) is 4. The molecule has 0 spiro atoms. The molecule has 0 bridgehead atoms. The zero-order chi connectivity index (χ0) is 35.2. The van der Waals surface area contributed by atoms with Gasteiger partial charge in [-0.15, -0.1) is 0 Å². The first-order chi connectivity index (χ1) is 23.7. The fourth-order valence-corrected chi connectivity index (χ4v) is 5.35. The highest BCUT2D eigenvalue weighted by Crippen LogP contribution is 2.46. The van der Waals surface area contributed by atoms with Crippen molar-refractivity contribution in [1.82, 2.24) is 0 Å². The molecule has 0 radical (unpaired) electrons. The molecule has 12 nitrogen and oxygen atoms in total. The number of rotatable bonds is 12. The van der Waals surface area contributed by atoms with E-state index in [9.17, 15) is 19.2 Å². The highest BCUT2D eigenvalue weighted by molar-refractivity contribution is 5.87. The second-order valence-electron chi connectivity index (χ2n) is 10.4. The molecule has 0 aromatic heterocycles. The predicted octanol–water partition coefficient (Wildman–Crippen LogP) is 8.34. The average molecular weight is 669 g/mol. The molecule has 4 amide bonds. The third kappa shape index (κ3) is 9.07. The van der Waals surface area contributed by atoms with Gasteiger partial charge in [-0.25, -0.2) is 19.2 Å². The van der Waals surface area contributed by atoms with Crippen LogP contribution in [0.2, 0.25) is 0 Å². The van der Waals surface area contributed by atoms with Gasteiger partial charge in [-0.3, -0.25) is 21.3 Å². The van der Waals surface area contributed by atoms with Gasteiger partial charge >= 0.3 is 24.4 Å². The van der Waals surface area contributed by atoms with Crippen molar-refractivity contribution in [1.29, 1.82) is 0 Å². The van der Waals surface area contributed by atoms with E-state index in [0.717, 1.165) is 22.3 Å². The van der Waals surface area contributed by atoms with Gasteiger partial charge in [0.2, 0.25) is 0 Å². The molecule has 256 valence electrons. The van der Waals surface area contributed by atoms with Crippen molar-refractivity contribution in [3.05, 3.63) is 119 Å². The Morgan fingerprint density at radius 2 is 0.571 bits per heavy atom. The van der Waals surface area contributed by atoms with Gasteiger partial charge in [0.15, 0.2) is 0 Å². The summed E-state index contributed by atoms with van der Waals surface area (Å²) in [6, 6.07) is 29.5. The fourth-order valence-electron chi connectivity index (χ4n) is 5.35. The second-order valence-corrected chi connectivity index (χ2v) is 10.4. The van der Waals surface area contributed by atoms with Crippen molar-refractivity contribution < 1.29 is 38.1 Å². The first kappa shape index (κ1) is 35.8. The van der Waals surface area contributed by atoms with Crippen LogP contribution in [0.25, 0.3) is 0 Å². The summed E-state index contributed by atoms with van der Waals surface area (Å²) >= 11 is 0. The number of hydrogen-bond acceptors (Lipinski definition) is 8. The van der Waals surface area contributed by atoms with E-state index in [2.05, 4.69) is 21.3 Å². The first-order valence-corrected chi connectivity index (χ1v) is 15.9. The Balaban J connectivity index is 1.91. The zero-order valence-electron chi connectivity index (χ0n) is 27.8. The lowest BCUT2D eigenvalue weighted by molar-refractivity contribution is 0.167. The Morgan fingerprint density at radius 3 is 0.735 bits per heavy atom. The monoisotopic (exact) mass is 668 g/mol. The molecule has 0 aliphatic carbocycles. The van der Waals surface area contributed by atoms with Crippen LogP contribution in [0.5, 0.6) is 0 Å². The summed E-state index contributed by atoms with van der Waals surface area (Å²) < 4.78 is 20.2. The van der Waals surface area contributed by atoms with Crippen LogP contribution >= 0.6 is 0 Å². The molecule has 0 aliphatic heterocycles. The minimum atomic E-state index is -0.990. The second kappa shape index (κ2) is 17.2. The van der Waals surface area contributed by atoms with E-state index in [-0.39, 0.29) is 26.4 Å². The molecule has 4 rings (SSSR count). The molecule has 0 saturated carbocycles. The molecule has 0 unspecified atom stereocenters.